The molecule has 4 N–H and O–H groups in total. The number of fused-ring (bicyclic) bond motifs is 4. The lowest BCUT2D eigenvalue weighted by Crippen LogP contribution is -2.58. The molecule has 176 valence electrons. The summed E-state index contributed by atoms with van der Waals surface area (Å²) in [6, 6.07) is -0.948. The fourth-order valence-electron chi connectivity index (χ4n) is 3.44. The Bertz CT molecular complexity index is 888. The van der Waals surface area contributed by atoms with E-state index < -0.39 is 23.9 Å². The molecule has 3 rings (SSSR count). The number of aliphatic hydroxyl groups is 1. The largest absolute Gasteiger partial charge is 0.376 e. The number of hydrogen-bond donors (Lipinski definition) is 5. The fourth-order valence-corrected chi connectivity index (χ4v) is 5.51. The molecule has 1 aromatic heterocycles. The van der Waals surface area contributed by atoms with Crippen LogP contribution in [0.5, 0.6) is 0 Å². The van der Waals surface area contributed by atoms with Crippen LogP contribution < -0.4 is 16.0 Å². The summed E-state index contributed by atoms with van der Waals surface area (Å²) in [6.07, 6.45) is 3.67. The smallest absolute Gasteiger partial charge is 0.248 e. The summed E-state index contributed by atoms with van der Waals surface area (Å²) in [4.78, 5) is 35.0. The van der Waals surface area contributed by atoms with Crippen LogP contribution in [0.2, 0.25) is 0 Å². The second-order valence-electron chi connectivity index (χ2n) is 8.49. The van der Waals surface area contributed by atoms with E-state index in [0.717, 1.165) is 22.2 Å². The molecular weight excluding hydrogens is 466 g/mol. The van der Waals surface area contributed by atoms with Crippen molar-refractivity contribution in [3.05, 3.63) is 28.2 Å². The summed E-state index contributed by atoms with van der Waals surface area (Å²) < 4.78 is 0. The topological polar surface area (TPSA) is 116 Å². The van der Waals surface area contributed by atoms with Gasteiger partial charge in [-0.25, -0.2) is 4.98 Å². The predicted octanol–water partition coefficient (Wildman–Crippen LogP) is 1.71. The molecule has 2 aliphatic heterocycles. The van der Waals surface area contributed by atoms with Gasteiger partial charge in [-0.15, -0.1) is 23.1 Å². The van der Waals surface area contributed by atoms with Crippen LogP contribution in [-0.2, 0) is 16.1 Å². The van der Waals surface area contributed by atoms with Crippen molar-refractivity contribution in [1.29, 1.82) is 0 Å². The molecule has 2 amide bonds. The van der Waals surface area contributed by atoms with E-state index in [2.05, 4.69) is 38.6 Å². The lowest BCUT2D eigenvalue weighted by molar-refractivity contribution is -0.127. The van der Waals surface area contributed by atoms with Gasteiger partial charge in [-0.05, 0) is 25.0 Å². The van der Waals surface area contributed by atoms with Gasteiger partial charge in [0, 0.05) is 23.6 Å². The summed E-state index contributed by atoms with van der Waals surface area (Å²) in [5.41, 5.74) is -0.212. The number of allylic oxidation sites excluding steroid dienone is 1. The lowest BCUT2D eigenvalue weighted by Gasteiger charge is -2.32. The molecule has 1 aromatic rings. The van der Waals surface area contributed by atoms with Gasteiger partial charge in [0.2, 0.25) is 11.8 Å². The first-order valence-electron chi connectivity index (χ1n) is 10.7. The minimum absolute atomic E-state index is 0.0431. The molecule has 0 saturated heterocycles. The Morgan fingerprint density at radius 3 is 2.91 bits per heavy atom. The molecule has 2 aliphatic rings. The van der Waals surface area contributed by atoms with Crippen molar-refractivity contribution in [2.75, 3.05) is 11.5 Å². The standard InChI is InChI=1S/C21H31N5O3S3/c1-12(2)17-18(28)23-13(6-4-5-7-30)8-15(27)22-9-16-24-14(10-31-16)19-26-21(3,11-32-19)20(29)25-17/h4,6,10,12-13,17-18,23,28,30H,5,7-9,11H2,1-3H3,(H,22,27)(H,25,29)/b6-4+/t13-,17+,18?,21+/m1/s1. The molecule has 8 nitrogen and oxygen atoms in total. The van der Waals surface area contributed by atoms with Gasteiger partial charge >= 0.3 is 0 Å². The van der Waals surface area contributed by atoms with E-state index in [-0.39, 0.29) is 24.2 Å². The van der Waals surface area contributed by atoms with Crippen LogP contribution >= 0.6 is 35.7 Å². The number of aliphatic hydroxyl groups excluding tert-OH is 1. The molecule has 0 aliphatic carbocycles. The minimum atomic E-state index is -1.04. The van der Waals surface area contributed by atoms with Crippen molar-refractivity contribution in [3.63, 3.8) is 0 Å². The van der Waals surface area contributed by atoms with Crippen LogP contribution in [0.3, 0.4) is 0 Å². The van der Waals surface area contributed by atoms with E-state index in [1.54, 1.807) is 6.92 Å². The zero-order valence-electron chi connectivity index (χ0n) is 18.5. The van der Waals surface area contributed by atoms with E-state index in [1.807, 2.05) is 31.4 Å². The van der Waals surface area contributed by atoms with Crippen molar-refractivity contribution < 1.29 is 14.7 Å². The quantitative estimate of drug-likeness (QED) is 0.320. The first-order chi connectivity index (χ1) is 15.2. The SMILES string of the molecule is CC(C)[C@@H]1NC(=O)[C@]2(C)CSC(=N2)c2csc(n2)CNC(=O)C[C@@H](/C=C/CCS)NC1O. The highest BCUT2D eigenvalue weighted by Gasteiger charge is 2.41. The van der Waals surface area contributed by atoms with Crippen molar-refractivity contribution in [2.24, 2.45) is 10.9 Å². The highest BCUT2D eigenvalue weighted by atomic mass is 32.2. The van der Waals surface area contributed by atoms with Crippen LogP contribution in [0.4, 0.5) is 0 Å². The number of thioether (sulfide) groups is 1. The van der Waals surface area contributed by atoms with Gasteiger partial charge in [0.1, 0.15) is 27.5 Å². The molecule has 0 radical (unpaired) electrons. The van der Waals surface area contributed by atoms with Crippen LogP contribution in [0.1, 0.15) is 44.3 Å². The van der Waals surface area contributed by atoms with Crippen LogP contribution in [0.25, 0.3) is 0 Å². The molecule has 1 unspecified atom stereocenters. The Hall–Kier alpha value is -1.40. The number of thiazole rings is 1. The molecule has 0 saturated carbocycles. The van der Waals surface area contributed by atoms with Crippen molar-refractivity contribution in [3.8, 4) is 0 Å². The summed E-state index contributed by atoms with van der Waals surface area (Å²) in [5.74, 6) is 0.759. The Labute approximate surface area is 202 Å². The molecule has 32 heavy (non-hydrogen) atoms. The number of aliphatic imine (C=N–C) groups is 1. The van der Waals surface area contributed by atoms with Gasteiger partial charge in [0.05, 0.1) is 12.6 Å². The summed E-state index contributed by atoms with van der Waals surface area (Å²) in [6.45, 7) is 6.00. The number of aromatic nitrogens is 1. The van der Waals surface area contributed by atoms with Gasteiger partial charge in [0.25, 0.3) is 0 Å². The van der Waals surface area contributed by atoms with Crippen molar-refractivity contribution in [2.45, 2.75) is 64.0 Å². The maximum Gasteiger partial charge on any atom is 0.248 e. The Morgan fingerprint density at radius 2 is 2.19 bits per heavy atom. The molecule has 0 aromatic carbocycles. The zero-order chi connectivity index (χ0) is 23.3. The highest BCUT2D eigenvalue weighted by Crippen LogP contribution is 2.32. The minimum Gasteiger partial charge on any atom is -0.376 e. The number of carbonyl (C=O) groups is 2. The number of carbonyl (C=O) groups excluding carboxylic acids is 2. The number of nitrogens with zero attached hydrogens (tertiary/aromatic N) is 2. The van der Waals surface area contributed by atoms with Gasteiger partial charge < -0.3 is 15.7 Å². The molecule has 4 atom stereocenters. The molecule has 4 bridgehead atoms. The predicted molar refractivity (Wildman–Crippen MR) is 133 cm³/mol. The average molecular weight is 498 g/mol. The third kappa shape index (κ3) is 6.34. The third-order valence-electron chi connectivity index (χ3n) is 5.35. The third-order valence-corrected chi connectivity index (χ3v) is 7.73. The molecule has 3 heterocycles. The van der Waals surface area contributed by atoms with Crippen LogP contribution in [0, 0.1) is 5.92 Å². The Morgan fingerprint density at radius 1 is 1.41 bits per heavy atom. The summed E-state index contributed by atoms with van der Waals surface area (Å²) in [7, 11) is 0. The first kappa shape index (κ1) is 25.2. The first-order valence-corrected chi connectivity index (χ1v) is 13.2. The Kier molecular flexibility index (Phi) is 8.79. The van der Waals surface area contributed by atoms with E-state index in [9.17, 15) is 14.7 Å². The average Bonchev–Trinajstić information content (AvgIpc) is 3.37. The number of nitrogens with one attached hydrogen (secondary N) is 3. The number of thiol groups is 1. The van der Waals surface area contributed by atoms with Gasteiger partial charge in [-0.1, -0.05) is 26.0 Å². The molecular formula is C21H31N5O3S3. The molecule has 11 heteroatoms. The fraction of sp³-hybridized carbons (Fsp3) is 0.619. The van der Waals surface area contributed by atoms with Crippen LogP contribution in [0.15, 0.2) is 22.5 Å². The van der Waals surface area contributed by atoms with Gasteiger partial charge in [-0.3, -0.25) is 19.9 Å². The maximum absolute atomic E-state index is 13.2. The van der Waals surface area contributed by atoms with E-state index in [0.29, 0.717) is 18.1 Å². The molecule has 0 spiro atoms. The number of amides is 2. The van der Waals surface area contributed by atoms with Crippen molar-refractivity contribution in [1.82, 2.24) is 20.9 Å². The van der Waals surface area contributed by atoms with Crippen LogP contribution in [-0.4, -0.2) is 62.3 Å². The monoisotopic (exact) mass is 497 g/mol. The molecule has 0 fully saturated rings. The zero-order valence-corrected chi connectivity index (χ0v) is 21.0. The van der Waals surface area contributed by atoms with Gasteiger partial charge in [0.15, 0.2) is 0 Å². The Balaban J connectivity index is 1.91. The normalized spacial score (nSPS) is 29.8. The van der Waals surface area contributed by atoms with E-state index in [4.69, 9.17) is 0 Å². The summed E-state index contributed by atoms with van der Waals surface area (Å²) >= 11 is 7.16. The number of hydrogen-bond acceptors (Lipinski definition) is 9. The highest BCUT2D eigenvalue weighted by molar-refractivity contribution is 8.14. The van der Waals surface area contributed by atoms with Gasteiger partial charge in [-0.2, -0.15) is 12.6 Å². The van der Waals surface area contributed by atoms with Crippen molar-refractivity contribution >= 4 is 52.6 Å². The second-order valence-corrected chi connectivity index (χ2v) is 10.8. The summed E-state index contributed by atoms with van der Waals surface area (Å²) in [5, 5.41) is 23.4. The van der Waals surface area contributed by atoms with E-state index >= 15 is 0 Å². The second kappa shape index (κ2) is 11.1. The number of rotatable bonds is 4. The van der Waals surface area contributed by atoms with E-state index in [1.165, 1.54) is 23.1 Å². The lowest BCUT2D eigenvalue weighted by atomic mass is 9.98. The maximum atomic E-state index is 13.2.